The van der Waals surface area contributed by atoms with Crippen molar-refractivity contribution in [2.45, 2.75) is 18.2 Å². The first-order chi connectivity index (χ1) is 15.4. The maximum atomic E-state index is 13.0. The molecule has 8 nitrogen and oxygen atoms in total. The molecule has 0 atom stereocenters. The van der Waals surface area contributed by atoms with Gasteiger partial charge in [0.2, 0.25) is 10.0 Å². The lowest BCUT2D eigenvalue weighted by Gasteiger charge is -2.34. The summed E-state index contributed by atoms with van der Waals surface area (Å²) in [6.07, 6.45) is 0.735. The van der Waals surface area contributed by atoms with Crippen LogP contribution in [0.1, 0.15) is 23.7 Å². The largest absolute Gasteiger partial charge is 0.494 e. The first-order valence-electron chi connectivity index (χ1n) is 10.5. The van der Waals surface area contributed by atoms with Crippen LogP contribution in [-0.4, -0.2) is 69.5 Å². The van der Waals surface area contributed by atoms with Gasteiger partial charge in [0, 0.05) is 38.2 Å². The molecule has 0 spiro atoms. The van der Waals surface area contributed by atoms with Crippen molar-refractivity contribution in [3.8, 4) is 17.2 Å². The number of benzene rings is 2. The molecule has 172 valence electrons. The predicted molar refractivity (Wildman–Crippen MR) is 119 cm³/mol. The first kappa shape index (κ1) is 22.7. The quantitative estimate of drug-likeness (QED) is 0.654. The number of carbonyl (C=O) groups excluding carboxylic acids is 1. The van der Waals surface area contributed by atoms with Crippen molar-refractivity contribution in [2.24, 2.45) is 0 Å². The lowest BCUT2D eigenvalue weighted by molar-refractivity contribution is 0.0697. The van der Waals surface area contributed by atoms with Gasteiger partial charge in [0.25, 0.3) is 5.91 Å². The maximum Gasteiger partial charge on any atom is 0.254 e. The average Bonchev–Trinajstić information content (AvgIpc) is 3.05. The van der Waals surface area contributed by atoms with Crippen LogP contribution in [-0.2, 0) is 10.0 Å². The van der Waals surface area contributed by atoms with Crippen LogP contribution in [0.5, 0.6) is 17.2 Å². The van der Waals surface area contributed by atoms with E-state index in [9.17, 15) is 13.2 Å². The number of rotatable bonds is 5. The second-order valence-corrected chi connectivity index (χ2v) is 9.78. The highest BCUT2D eigenvalue weighted by molar-refractivity contribution is 7.89. The standard InChI is InChI=1S/C22H25ClN2O6S/c1-2-29-17-4-6-18(7-5-17)32(27,28)25-10-8-24(9-11-25)22(26)16-14-19(23)21-20(15-16)30-12-3-13-31-21/h4-7,14-15H,2-3,8-13H2,1H3. The van der Waals surface area contributed by atoms with E-state index in [1.807, 2.05) is 6.92 Å². The third kappa shape index (κ3) is 4.65. The van der Waals surface area contributed by atoms with Gasteiger partial charge in [-0.2, -0.15) is 4.31 Å². The lowest BCUT2D eigenvalue weighted by atomic mass is 10.1. The number of carbonyl (C=O) groups is 1. The van der Waals surface area contributed by atoms with Gasteiger partial charge >= 0.3 is 0 Å². The molecular formula is C22H25ClN2O6S. The number of nitrogens with zero attached hydrogens (tertiary/aromatic N) is 2. The third-order valence-electron chi connectivity index (χ3n) is 5.35. The summed E-state index contributed by atoms with van der Waals surface area (Å²) < 4.78 is 44.0. The Labute approximate surface area is 192 Å². The zero-order chi connectivity index (χ0) is 22.7. The molecule has 4 rings (SSSR count). The fourth-order valence-electron chi connectivity index (χ4n) is 3.69. The molecule has 32 heavy (non-hydrogen) atoms. The molecule has 1 amide bonds. The van der Waals surface area contributed by atoms with E-state index in [0.29, 0.717) is 47.7 Å². The molecule has 2 aliphatic heterocycles. The molecule has 0 saturated carbocycles. The molecule has 0 radical (unpaired) electrons. The highest BCUT2D eigenvalue weighted by Gasteiger charge is 2.31. The van der Waals surface area contributed by atoms with Crippen LogP contribution >= 0.6 is 11.6 Å². The summed E-state index contributed by atoms with van der Waals surface area (Å²) in [6.45, 7) is 4.34. The van der Waals surface area contributed by atoms with E-state index < -0.39 is 10.0 Å². The van der Waals surface area contributed by atoms with Crippen LogP contribution in [0.25, 0.3) is 0 Å². The predicted octanol–water partition coefficient (Wildman–Crippen LogP) is 3.05. The third-order valence-corrected chi connectivity index (χ3v) is 7.54. The first-order valence-corrected chi connectivity index (χ1v) is 12.3. The fourth-order valence-corrected chi connectivity index (χ4v) is 5.38. The van der Waals surface area contributed by atoms with E-state index in [1.165, 1.54) is 16.4 Å². The molecule has 0 aromatic heterocycles. The lowest BCUT2D eigenvalue weighted by Crippen LogP contribution is -2.50. The van der Waals surface area contributed by atoms with Crippen LogP contribution < -0.4 is 14.2 Å². The molecule has 2 aromatic carbocycles. The van der Waals surface area contributed by atoms with Crippen molar-refractivity contribution in [3.63, 3.8) is 0 Å². The Morgan fingerprint density at radius 2 is 1.75 bits per heavy atom. The van der Waals surface area contributed by atoms with E-state index in [1.54, 1.807) is 29.2 Å². The number of piperazine rings is 1. The van der Waals surface area contributed by atoms with Crippen molar-refractivity contribution in [1.82, 2.24) is 9.21 Å². The molecule has 2 heterocycles. The SMILES string of the molecule is CCOc1ccc(S(=O)(=O)N2CCN(C(=O)c3cc(Cl)c4c(c3)OCCCO4)CC2)cc1. The zero-order valence-electron chi connectivity index (χ0n) is 17.8. The summed E-state index contributed by atoms with van der Waals surface area (Å²) in [5, 5.41) is 0.324. The van der Waals surface area contributed by atoms with Gasteiger partial charge in [0.15, 0.2) is 11.5 Å². The van der Waals surface area contributed by atoms with Crippen LogP contribution in [0.3, 0.4) is 0 Å². The van der Waals surface area contributed by atoms with Crippen molar-refractivity contribution in [3.05, 3.63) is 47.0 Å². The summed E-state index contributed by atoms with van der Waals surface area (Å²) in [5.41, 5.74) is 0.391. The van der Waals surface area contributed by atoms with Crippen molar-refractivity contribution >= 4 is 27.5 Å². The van der Waals surface area contributed by atoms with Gasteiger partial charge in [0.05, 0.1) is 29.7 Å². The smallest absolute Gasteiger partial charge is 0.254 e. The normalized spacial score (nSPS) is 17.0. The molecule has 0 unspecified atom stereocenters. The second kappa shape index (κ2) is 9.56. The molecular weight excluding hydrogens is 456 g/mol. The molecule has 1 fully saturated rings. The number of ether oxygens (including phenoxy) is 3. The Balaban J connectivity index is 1.44. The average molecular weight is 481 g/mol. The molecule has 0 aliphatic carbocycles. The molecule has 10 heteroatoms. The molecule has 2 aliphatic rings. The van der Waals surface area contributed by atoms with Gasteiger partial charge in [-0.25, -0.2) is 8.42 Å². The monoisotopic (exact) mass is 480 g/mol. The summed E-state index contributed by atoms with van der Waals surface area (Å²) in [7, 11) is -3.65. The van der Waals surface area contributed by atoms with Crippen molar-refractivity contribution in [2.75, 3.05) is 46.0 Å². The summed E-state index contributed by atoms with van der Waals surface area (Å²) >= 11 is 6.31. The van der Waals surface area contributed by atoms with E-state index >= 15 is 0 Å². The van der Waals surface area contributed by atoms with Gasteiger partial charge in [-0.1, -0.05) is 11.6 Å². The Hall–Kier alpha value is -2.49. The highest BCUT2D eigenvalue weighted by Crippen LogP contribution is 2.38. The number of fused-ring (bicyclic) bond motifs is 1. The summed E-state index contributed by atoms with van der Waals surface area (Å²) in [4.78, 5) is 14.9. The molecule has 1 saturated heterocycles. The van der Waals surface area contributed by atoms with Crippen molar-refractivity contribution < 1.29 is 27.4 Å². The molecule has 2 aromatic rings. The Morgan fingerprint density at radius 1 is 1.06 bits per heavy atom. The van der Waals surface area contributed by atoms with Gasteiger partial charge in [-0.05, 0) is 43.3 Å². The van der Waals surface area contributed by atoms with Gasteiger partial charge in [0.1, 0.15) is 5.75 Å². The number of hydrogen-bond acceptors (Lipinski definition) is 6. The Morgan fingerprint density at radius 3 is 2.44 bits per heavy atom. The van der Waals surface area contributed by atoms with Crippen molar-refractivity contribution in [1.29, 1.82) is 0 Å². The van der Waals surface area contributed by atoms with Gasteiger partial charge in [-0.3, -0.25) is 4.79 Å². The summed E-state index contributed by atoms with van der Waals surface area (Å²) in [6, 6.07) is 9.57. The van der Waals surface area contributed by atoms with Gasteiger partial charge in [-0.15, -0.1) is 0 Å². The second-order valence-electron chi connectivity index (χ2n) is 7.44. The van der Waals surface area contributed by atoms with Crippen LogP contribution in [0.15, 0.2) is 41.3 Å². The zero-order valence-corrected chi connectivity index (χ0v) is 19.3. The summed E-state index contributed by atoms with van der Waals surface area (Å²) in [5.74, 6) is 1.30. The van der Waals surface area contributed by atoms with E-state index in [-0.39, 0.29) is 37.0 Å². The van der Waals surface area contributed by atoms with Crippen LogP contribution in [0.4, 0.5) is 0 Å². The van der Waals surface area contributed by atoms with E-state index in [4.69, 9.17) is 25.8 Å². The Bertz CT molecular complexity index is 1080. The topological polar surface area (TPSA) is 85.4 Å². The molecule has 0 N–H and O–H groups in total. The van der Waals surface area contributed by atoms with E-state index in [2.05, 4.69) is 0 Å². The minimum Gasteiger partial charge on any atom is -0.494 e. The minimum absolute atomic E-state index is 0.204. The fraction of sp³-hybridized carbons (Fsp3) is 0.409. The molecule has 0 bridgehead atoms. The number of halogens is 1. The Kier molecular flexibility index (Phi) is 6.78. The van der Waals surface area contributed by atoms with Crippen LogP contribution in [0.2, 0.25) is 5.02 Å². The van der Waals surface area contributed by atoms with E-state index in [0.717, 1.165) is 6.42 Å². The van der Waals surface area contributed by atoms with Crippen LogP contribution in [0, 0.1) is 0 Å². The highest BCUT2D eigenvalue weighted by atomic mass is 35.5. The minimum atomic E-state index is -3.65. The number of sulfonamides is 1. The van der Waals surface area contributed by atoms with Gasteiger partial charge < -0.3 is 19.1 Å². The number of hydrogen-bond donors (Lipinski definition) is 0. The number of amides is 1. The maximum absolute atomic E-state index is 13.0.